The Morgan fingerprint density at radius 3 is 2.58 bits per heavy atom. The Morgan fingerprint density at radius 2 is 1.95 bits per heavy atom. The molecule has 1 aromatic carbocycles. The third kappa shape index (κ3) is 2.25. The lowest BCUT2D eigenvalue weighted by Crippen LogP contribution is -1.94. The fraction of sp³-hybridized carbons (Fsp3) is 0.0714. The van der Waals surface area contributed by atoms with Crippen molar-refractivity contribution in [2.75, 3.05) is 5.73 Å². The van der Waals surface area contributed by atoms with Crippen LogP contribution < -0.4 is 5.73 Å². The zero-order chi connectivity index (χ0) is 13.4. The largest absolute Gasteiger partial charge is 0.396 e. The van der Waals surface area contributed by atoms with E-state index in [1.54, 1.807) is 16.0 Å². The number of nitrogen functional groups attached to an aromatic ring is 1. The predicted octanol–water partition coefficient (Wildman–Crippen LogP) is 4.14. The van der Waals surface area contributed by atoms with Crippen LogP contribution in [0.4, 0.5) is 5.69 Å². The molecule has 19 heavy (non-hydrogen) atoms. The van der Waals surface area contributed by atoms with Gasteiger partial charge < -0.3 is 5.73 Å². The van der Waals surface area contributed by atoms with Crippen molar-refractivity contribution in [2.45, 2.75) is 6.92 Å². The van der Waals surface area contributed by atoms with Crippen LogP contribution in [0.3, 0.4) is 0 Å². The number of benzene rings is 1. The lowest BCUT2D eigenvalue weighted by Gasteiger charge is -2.00. The highest BCUT2D eigenvalue weighted by Crippen LogP contribution is 2.32. The summed E-state index contributed by atoms with van der Waals surface area (Å²) in [5.74, 6) is 0. The van der Waals surface area contributed by atoms with E-state index < -0.39 is 0 Å². The molecule has 2 N–H and O–H groups in total. The number of nitrogens with two attached hydrogens (primary N) is 1. The van der Waals surface area contributed by atoms with Crippen LogP contribution in [-0.4, -0.2) is 9.78 Å². The summed E-state index contributed by atoms with van der Waals surface area (Å²) in [5, 5.41) is 7.33. The van der Waals surface area contributed by atoms with Gasteiger partial charge in [-0.1, -0.05) is 11.6 Å². The van der Waals surface area contributed by atoms with Crippen molar-refractivity contribution in [1.29, 1.82) is 0 Å². The Bertz CT molecular complexity index is 713. The number of hydrogen-bond acceptors (Lipinski definition) is 3. The molecular weight excluding hydrogens is 278 g/mol. The van der Waals surface area contributed by atoms with Gasteiger partial charge in [0.1, 0.15) is 5.69 Å². The summed E-state index contributed by atoms with van der Waals surface area (Å²) >= 11 is 7.54. The maximum absolute atomic E-state index is 6.07. The van der Waals surface area contributed by atoms with E-state index in [1.165, 1.54) is 5.56 Å². The zero-order valence-corrected chi connectivity index (χ0v) is 11.9. The summed E-state index contributed by atoms with van der Waals surface area (Å²) < 4.78 is 1.78. The van der Waals surface area contributed by atoms with Crippen LogP contribution in [-0.2, 0) is 0 Å². The molecule has 0 atom stereocenters. The van der Waals surface area contributed by atoms with Gasteiger partial charge >= 0.3 is 0 Å². The molecule has 96 valence electrons. The van der Waals surface area contributed by atoms with Crippen molar-refractivity contribution in [3.05, 3.63) is 52.5 Å². The fourth-order valence-corrected chi connectivity index (χ4v) is 2.96. The minimum atomic E-state index is 0.681. The SMILES string of the molecule is Cc1ccsc1-c1nn(-c2ccc(Cl)cc2)cc1N. The number of nitrogens with zero attached hydrogens (tertiary/aromatic N) is 2. The van der Waals surface area contributed by atoms with Crippen molar-refractivity contribution in [3.8, 4) is 16.3 Å². The summed E-state index contributed by atoms with van der Waals surface area (Å²) in [4.78, 5) is 1.12. The fourth-order valence-electron chi connectivity index (χ4n) is 1.91. The van der Waals surface area contributed by atoms with Gasteiger partial charge in [-0.3, -0.25) is 0 Å². The second-order valence-corrected chi connectivity index (χ2v) is 5.64. The summed E-state index contributed by atoms with van der Waals surface area (Å²) in [6, 6.07) is 9.58. The highest BCUT2D eigenvalue weighted by Gasteiger charge is 2.12. The molecule has 2 aromatic heterocycles. The molecule has 3 aromatic rings. The average Bonchev–Trinajstić information content (AvgIpc) is 2.96. The number of hydrogen-bond donors (Lipinski definition) is 1. The van der Waals surface area contributed by atoms with Crippen LogP contribution in [0, 0.1) is 6.92 Å². The van der Waals surface area contributed by atoms with Crippen molar-refractivity contribution < 1.29 is 0 Å². The first kappa shape index (κ1) is 12.3. The van der Waals surface area contributed by atoms with E-state index in [9.17, 15) is 0 Å². The van der Waals surface area contributed by atoms with Crippen LogP contribution in [0.25, 0.3) is 16.3 Å². The highest BCUT2D eigenvalue weighted by molar-refractivity contribution is 7.13. The zero-order valence-electron chi connectivity index (χ0n) is 10.3. The molecule has 0 aliphatic heterocycles. The normalized spacial score (nSPS) is 10.8. The van der Waals surface area contributed by atoms with E-state index >= 15 is 0 Å². The second-order valence-electron chi connectivity index (χ2n) is 4.29. The van der Waals surface area contributed by atoms with Crippen LogP contribution >= 0.6 is 22.9 Å². The summed E-state index contributed by atoms with van der Waals surface area (Å²) in [7, 11) is 0. The Labute approximate surface area is 120 Å². The number of anilines is 1. The monoisotopic (exact) mass is 289 g/mol. The van der Waals surface area contributed by atoms with Crippen LogP contribution in [0.5, 0.6) is 0 Å². The van der Waals surface area contributed by atoms with Gasteiger partial charge in [0.05, 0.1) is 22.4 Å². The first-order valence-electron chi connectivity index (χ1n) is 5.80. The van der Waals surface area contributed by atoms with E-state index in [0.29, 0.717) is 10.7 Å². The minimum absolute atomic E-state index is 0.681. The van der Waals surface area contributed by atoms with Crippen molar-refractivity contribution >= 4 is 28.6 Å². The highest BCUT2D eigenvalue weighted by atomic mass is 35.5. The minimum Gasteiger partial charge on any atom is -0.396 e. The van der Waals surface area contributed by atoms with E-state index in [-0.39, 0.29) is 0 Å². The molecule has 0 aliphatic rings. The number of halogens is 1. The summed E-state index contributed by atoms with van der Waals surface area (Å²) in [5.41, 5.74) is 9.72. The lowest BCUT2D eigenvalue weighted by atomic mass is 10.2. The first-order valence-corrected chi connectivity index (χ1v) is 7.06. The van der Waals surface area contributed by atoms with Gasteiger partial charge in [0, 0.05) is 5.02 Å². The van der Waals surface area contributed by atoms with E-state index in [0.717, 1.165) is 16.3 Å². The Hall–Kier alpha value is -1.78. The second kappa shape index (κ2) is 4.72. The van der Waals surface area contributed by atoms with Crippen LogP contribution in [0.15, 0.2) is 41.9 Å². The molecule has 0 fully saturated rings. The Balaban J connectivity index is 2.07. The summed E-state index contributed by atoms with van der Waals surface area (Å²) in [6.07, 6.45) is 1.83. The molecule has 5 heteroatoms. The number of aromatic nitrogens is 2. The molecule has 0 saturated heterocycles. The smallest absolute Gasteiger partial charge is 0.126 e. The third-order valence-electron chi connectivity index (χ3n) is 2.91. The molecule has 3 nitrogen and oxygen atoms in total. The molecule has 0 bridgehead atoms. The molecule has 2 heterocycles. The Kier molecular flexibility index (Phi) is 3.05. The number of rotatable bonds is 2. The molecule has 0 unspecified atom stereocenters. The van der Waals surface area contributed by atoms with Crippen LogP contribution in [0.2, 0.25) is 5.02 Å². The van der Waals surface area contributed by atoms with Crippen molar-refractivity contribution in [2.24, 2.45) is 0 Å². The molecule has 0 radical (unpaired) electrons. The standard InChI is InChI=1S/C14H12ClN3S/c1-9-6-7-19-14(9)13-12(16)8-18(17-13)11-4-2-10(15)3-5-11/h2-8H,16H2,1H3. The van der Waals surface area contributed by atoms with Crippen molar-refractivity contribution in [3.63, 3.8) is 0 Å². The number of aryl methyl sites for hydroxylation is 1. The van der Waals surface area contributed by atoms with Gasteiger partial charge in [-0.05, 0) is 48.2 Å². The first-order chi connectivity index (χ1) is 9.15. The van der Waals surface area contributed by atoms with E-state index in [4.69, 9.17) is 17.3 Å². The van der Waals surface area contributed by atoms with Gasteiger partial charge in [0.15, 0.2) is 0 Å². The van der Waals surface area contributed by atoms with Crippen LogP contribution in [0.1, 0.15) is 5.56 Å². The average molecular weight is 290 g/mol. The number of thiophene rings is 1. The lowest BCUT2D eigenvalue weighted by molar-refractivity contribution is 0.885. The van der Waals surface area contributed by atoms with Gasteiger partial charge in [-0.25, -0.2) is 4.68 Å². The maximum atomic E-state index is 6.07. The Morgan fingerprint density at radius 1 is 1.21 bits per heavy atom. The maximum Gasteiger partial charge on any atom is 0.126 e. The molecule has 0 spiro atoms. The third-order valence-corrected chi connectivity index (χ3v) is 4.19. The molecular formula is C14H12ClN3S. The van der Waals surface area contributed by atoms with Gasteiger partial charge in [0.25, 0.3) is 0 Å². The molecule has 0 aliphatic carbocycles. The van der Waals surface area contributed by atoms with Crippen molar-refractivity contribution in [1.82, 2.24) is 9.78 Å². The quantitative estimate of drug-likeness (QED) is 0.770. The van der Waals surface area contributed by atoms with E-state index in [2.05, 4.69) is 18.1 Å². The molecule has 3 rings (SSSR count). The predicted molar refractivity (Wildman–Crippen MR) is 81.0 cm³/mol. The van der Waals surface area contributed by atoms with E-state index in [1.807, 2.05) is 35.8 Å². The van der Waals surface area contributed by atoms with Gasteiger partial charge in [0.2, 0.25) is 0 Å². The molecule has 0 saturated carbocycles. The summed E-state index contributed by atoms with van der Waals surface area (Å²) in [6.45, 7) is 2.06. The topological polar surface area (TPSA) is 43.8 Å². The van der Waals surface area contributed by atoms with Gasteiger partial charge in [-0.2, -0.15) is 5.10 Å². The van der Waals surface area contributed by atoms with Gasteiger partial charge in [-0.15, -0.1) is 11.3 Å². The molecule has 0 amide bonds.